The van der Waals surface area contributed by atoms with Gasteiger partial charge in [-0.15, -0.1) is 0 Å². The molecule has 4 rings (SSSR count). The Morgan fingerprint density at radius 3 is 2.43 bits per heavy atom. The standard InChI is InChI=1S/C28H30FN3O3/c29-22-8-6-7-21(17-22)28(34)32(26-12-5-4-11-25(26)30)18-20-13-15-23(16-14-20)31-27(33)19-35-24-9-2-1-3-10-24/h1-3,6-10,13-17,25-26H,4-5,11-12,18-19,30H2,(H,31,33). The molecule has 3 aromatic rings. The number of nitrogens with zero attached hydrogens (tertiary/aromatic N) is 1. The predicted molar refractivity (Wildman–Crippen MR) is 134 cm³/mol. The molecule has 0 aromatic heterocycles. The Morgan fingerprint density at radius 1 is 0.971 bits per heavy atom. The van der Waals surface area contributed by atoms with E-state index in [1.165, 1.54) is 12.1 Å². The highest BCUT2D eigenvalue weighted by Gasteiger charge is 2.31. The number of benzene rings is 3. The molecular formula is C28H30FN3O3. The van der Waals surface area contributed by atoms with Crippen molar-refractivity contribution >= 4 is 17.5 Å². The Hall–Kier alpha value is -3.71. The Balaban J connectivity index is 1.43. The normalized spacial score (nSPS) is 17.4. The molecule has 182 valence electrons. The van der Waals surface area contributed by atoms with Gasteiger partial charge in [0.05, 0.1) is 0 Å². The molecule has 1 saturated carbocycles. The van der Waals surface area contributed by atoms with Crippen molar-refractivity contribution in [1.82, 2.24) is 4.90 Å². The lowest BCUT2D eigenvalue weighted by Crippen LogP contribution is -2.51. The molecule has 2 unspecified atom stereocenters. The molecule has 3 N–H and O–H groups in total. The first kappa shape index (κ1) is 24.4. The fraction of sp³-hybridized carbons (Fsp3) is 0.286. The third-order valence-electron chi connectivity index (χ3n) is 6.22. The minimum atomic E-state index is -0.444. The minimum absolute atomic E-state index is 0.0960. The van der Waals surface area contributed by atoms with Crippen LogP contribution in [0.25, 0.3) is 0 Å². The Labute approximate surface area is 204 Å². The number of rotatable bonds is 8. The summed E-state index contributed by atoms with van der Waals surface area (Å²) in [5, 5.41) is 2.81. The lowest BCUT2D eigenvalue weighted by atomic mass is 9.89. The van der Waals surface area contributed by atoms with Crippen LogP contribution in [0.4, 0.5) is 10.1 Å². The van der Waals surface area contributed by atoms with Gasteiger partial charge in [0.25, 0.3) is 11.8 Å². The lowest BCUT2D eigenvalue weighted by Gasteiger charge is -2.38. The van der Waals surface area contributed by atoms with Crippen molar-refractivity contribution in [2.75, 3.05) is 11.9 Å². The van der Waals surface area contributed by atoms with Crippen molar-refractivity contribution in [3.8, 4) is 5.75 Å². The maximum absolute atomic E-state index is 13.8. The SMILES string of the molecule is NC1CCCCC1N(Cc1ccc(NC(=O)COc2ccccc2)cc1)C(=O)c1cccc(F)c1. The zero-order chi connectivity index (χ0) is 24.6. The van der Waals surface area contributed by atoms with Crippen molar-refractivity contribution in [1.29, 1.82) is 0 Å². The van der Waals surface area contributed by atoms with Crippen molar-refractivity contribution in [3.63, 3.8) is 0 Å². The summed E-state index contributed by atoms with van der Waals surface area (Å²) < 4.78 is 19.3. The number of amides is 2. The van der Waals surface area contributed by atoms with Crippen LogP contribution in [0.5, 0.6) is 5.75 Å². The first-order valence-corrected chi connectivity index (χ1v) is 11.9. The average Bonchev–Trinajstić information content (AvgIpc) is 2.88. The second-order valence-electron chi connectivity index (χ2n) is 8.81. The fourth-order valence-electron chi connectivity index (χ4n) is 4.41. The maximum atomic E-state index is 13.8. The zero-order valence-corrected chi connectivity index (χ0v) is 19.5. The molecule has 7 heteroatoms. The van der Waals surface area contributed by atoms with Crippen molar-refractivity contribution in [3.05, 3.63) is 95.8 Å². The first-order valence-electron chi connectivity index (χ1n) is 11.9. The first-order chi connectivity index (χ1) is 17.0. The van der Waals surface area contributed by atoms with Gasteiger partial charge in [0.2, 0.25) is 0 Å². The number of halogens is 1. The number of ether oxygens (including phenoxy) is 1. The number of anilines is 1. The molecule has 1 aliphatic carbocycles. The van der Waals surface area contributed by atoms with E-state index in [0.29, 0.717) is 23.5 Å². The predicted octanol–water partition coefficient (Wildman–Crippen LogP) is 4.76. The second kappa shape index (κ2) is 11.6. The van der Waals surface area contributed by atoms with Gasteiger partial charge in [-0.2, -0.15) is 0 Å². The molecule has 1 fully saturated rings. The third-order valence-corrected chi connectivity index (χ3v) is 6.22. The van der Waals surface area contributed by atoms with Crippen LogP contribution >= 0.6 is 0 Å². The van der Waals surface area contributed by atoms with E-state index in [0.717, 1.165) is 31.2 Å². The molecule has 0 saturated heterocycles. The molecule has 35 heavy (non-hydrogen) atoms. The summed E-state index contributed by atoms with van der Waals surface area (Å²) in [7, 11) is 0. The Bertz CT molecular complexity index is 1140. The maximum Gasteiger partial charge on any atom is 0.262 e. The van der Waals surface area contributed by atoms with Crippen LogP contribution in [0.3, 0.4) is 0 Å². The van der Waals surface area contributed by atoms with Crippen LogP contribution in [-0.2, 0) is 11.3 Å². The van der Waals surface area contributed by atoms with E-state index in [1.807, 2.05) is 30.3 Å². The van der Waals surface area contributed by atoms with E-state index in [-0.39, 0.29) is 30.5 Å². The van der Waals surface area contributed by atoms with Gasteiger partial charge in [0, 0.05) is 29.9 Å². The molecule has 3 aromatic carbocycles. The molecule has 1 aliphatic rings. The smallest absolute Gasteiger partial charge is 0.262 e. The molecule has 0 radical (unpaired) electrons. The summed E-state index contributed by atoms with van der Waals surface area (Å²) in [5.74, 6) is -0.318. The highest BCUT2D eigenvalue weighted by Crippen LogP contribution is 2.26. The molecule has 2 atom stereocenters. The van der Waals surface area contributed by atoms with Crippen molar-refractivity contribution < 1.29 is 18.7 Å². The Kier molecular flexibility index (Phi) is 8.11. The highest BCUT2D eigenvalue weighted by atomic mass is 19.1. The van der Waals surface area contributed by atoms with Gasteiger partial charge < -0.3 is 20.7 Å². The van der Waals surface area contributed by atoms with Crippen LogP contribution in [0.15, 0.2) is 78.9 Å². The van der Waals surface area contributed by atoms with Gasteiger partial charge in [-0.25, -0.2) is 4.39 Å². The van der Waals surface area contributed by atoms with Crippen molar-refractivity contribution in [2.45, 2.75) is 44.3 Å². The number of carbonyl (C=O) groups is 2. The van der Waals surface area contributed by atoms with Crippen LogP contribution in [0.1, 0.15) is 41.6 Å². The van der Waals surface area contributed by atoms with E-state index < -0.39 is 5.82 Å². The molecule has 6 nitrogen and oxygen atoms in total. The summed E-state index contributed by atoms with van der Waals surface area (Å²) in [6.45, 7) is 0.250. The second-order valence-corrected chi connectivity index (χ2v) is 8.81. The van der Waals surface area contributed by atoms with Crippen LogP contribution in [0.2, 0.25) is 0 Å². The van der Waals surface area contributed by atoms with Gasteiger partial charge in [0.15, 0.2) is 6.61 Å². The molecule has 0 bridgehead atoms. The highest BCUT2D eigenvalue weighted by molar-refractivity contribution is 5.94. The van der Waals surface area contributed by atoms with E-state index in [4.69, 9.17) is 10.5 Å². The fourth-order valence-corrected chi connectivity index (χ4v) is 4.41. The number of carbonyl (C=O) groups excluding carboxylic acids is 2. The van der Waals surface area contributed by atoms with Gasteiger partial charge >= 0.3 is 0 Å². The van der Waals surface area contributed by atoms with Gasteiger partial charge in [0.1, 0.15) is 11.6 Å². The average molecular weight is 476 g/mol. The number of nitrogens with one attached hydrogen (secondary N) is 1. The molecule has 0 heterocycles. The van der Waals surface area contributed by atoms with Gasteiger partial charge in [-0.05, 0) is 60.9 Å². The number of para-hydroxylation sites is 1. The monoisotopic (exact) mass is 475 g/mol. The number of nitrogens with two attached hydrogens (primary N) is 1. The van der Waals surface area contributed by atoms with Crippen LogP contribution in [-0.4, -0.2) is 35.4 Å². The summed E-state index contributed by atoms with van der Waals surface area (Å²) >= 11 is 0. The van der Waals surface area contributed by atoms with Gasteiger partial charge in [-0.3, -0.25) is 9.59 Å². The molecule has 2 amide bonds. The zero-order valence-electron chi connectivity index (χ0n) is 19.5. The van der Waals surface area contributed by atoms with Crippen LogP contribution in [0, 0.1) is 5.82 Å². The summed E-state index contributed by atoms with van der Waals surface area (Å²) in [6, 6.07) is 22.0. The largest absolute Gasteiger partial charge is 0.484 e. The van der Waals surface area contributed by atoms with E-state index in [9.17, 15) is 14.0 Å². The molecule has 0 aliphatic heterocycles. The molecule has 0 spiro atoms. The number of hydrogen-bond acceptors (Lipinski definition) is 4. The topological polar surface area (TPSA) is 84.7 Å². The minimum Gasteiger partial charge on any atom is -0.484 e. The van der Waals surface area contributed by atoms with Crippen LogP contribution < -0.4 is 15.8 Å². The number of hydrogen-bond donors (Lipinski definition) is 2. The van der Waals surface area contributed by atoms with Crippen molar-refractivity contribution in [2.24, 2.45) is 5.73 Å². The van der Waals surface area contributed by atoms with E-state index in [2.05, 4.69) is 5.32 Å². The quantitative estimate of drug-likeness (QED) is 0.492. The summed E-state index contributed by atoms with van der Waals surface area (Å²) in [5.41, 5.74) is 8.24. The van der Waals surface area contributed by atoms with E-state index >= 15 is 0 Å². The lowest BCUT2D eigenvalue weighted by molar-refractivity contribution is -0.118. The summed E-state index contributed by atoms with van der Waals surface area (Å²) in [6.07, 6.45) is 3.72. The van der Waals surface area contributed by atoms with E-state index in [1.54, 1.807) is 41.3 Å². The Morgan fingerprint density at radius 2 is 1.71 bits per heavy atom. The van der Waals surface area contributed by atoms with Gasteiger partial charge in [-0.1, -0.05) is 49.2 Å². The summed E-state index contributed by atoms with van der Waals surface area (Å²) in [4.78, 5) is 27.4. The molecular weight excluding hydrogens is 445 g/mol. The third kappa shape index (κ3) is 6.67.